The van der Waals surface area contributed by atoms with Crippen LogP contribution in [0.15, 0.2) is 41.1 Å². The number of pyridine rings is 1. The molecule has 0 spiro atoms. The number of rotatable bonds is 6. The molecule has 3 aromatic rings. The molecule has 8 nitrogen and oxygen atoms in total. The van der Waals surface area contributed by atoms with E-state index in [1.165, 1.54) is 12.8 Å². The molecule has 2 saturated carbocycles. The molecular weight excluding hydrogens is 544 g/mol. The molecule has 4 heterocycles. The summed E-state index contributed by atoms with van der Waals surface area (Å²) in [4.78, 5) is 16.1. The van der Waals surface area contributed by atoms with Gasteiger partial charge in [-0.05, 0) is 79.1 Å². The average Bonchev–Trinajstić information content (AvgIpc) is 3.41. The fraction of sp³-hybridized carbons (Fsp3) is 0.483. The summed E-state index contributed by atoms with van der Waals surface area (Å²) in [6.07, 6.45) is 10.4. The van der Waals surface area contributed by atoms with Crippen LogP contribution in [-0.2, 0) is 15.9 Å². The molecule has 3 N–H and O–H groups in total. The van der Waals surface area contributed by atoms with Crippen LogP contribution in [-0.4, -0.2) is 52.1 Å². The Labute approximate surface area is 231 Å². The number of nitrogens with one attached hydrogen (secondary N) is 1. The van der Waals surface area contributed by atoms with Crippen molar-refractivity contribution in [2.24, 2.45) is 11.8 Å². The smallest absolute Gasteiger partial charge is 0.163 e. The van der Waals surface area contributed by atoms with Crippen molar-refractivity contribution in [1.29, 1.82) is 0 Å². The molecule has 4 atom stereocenters. The number of hydrogen-bond donors (Lipinski definition) is 2. The molecule has 0 amide bonds. The molecule has 198 valence electrons. The first-order valence-electron chi connectivity index (χ1n) is 13.6. The Morgan fingerprint density at radius 1 is 1.18 bits per heavy atom. The number of ether oxygens (including phenoxy) is 2. The van der Waals surface area contributed by atoms with E-state index in [-0.39, 0.29) is 24.2 Å². The van der Waals surface area contributed by atoms with E-state index in [4.69, 9.17) is 20.2 Å². The third-order valence-corrected chi connectivity index (χ3v) is 8.90. The SMILES string of the molecule is CC1(C)O[C@@H]2[C@H](O1)[C@@H](/C=C/c1ccc3cc(Br)c(NCC4CC4)nc3c1)C[C@H]2N1CCc2c(N)ncnc21. The highest BCUT2D eigenvalue weighted by molar-refractivity contribution is 9.10. The fourth-order valence-corrected chi connectivity index (χ4v) is 6.71. The van der Waals surface area contributed by atoms with Gasteiger partial charge < -0.3 is 25.4 Å². The van der Waals surface area contributed by atoms with Crippen molar-refractivity contribution < 1.29 is 9.47 Å². The number of halogens is 1. The van der Waals surface area contributed by atoms with Gasteiger partial charge in [0.15, 0.2) is 5.79 Å². The lowest BCUT2D eigenvalue weighted by molar-refractivity contribution is -0.155. The Morgan fingerprint density at radius 2 is 2.03 bits per heavy atom. The fourth-order valence-electron chi connectivity index (χ4n) is 6.23. The average molecular weight is 578 g/mol. The van der Waals surface area contributed by atoms with Gasteiger partial charge in [0.25, 0.3) is 0 Å². The van der Waals surface area contributed by atoms with Gasteiger partial charge in [0.1, 0.15) is 29.9 Å². The van der Waals surface area contributed by atoms with E-state index in [9.17, 15) is 0 Å². The number of nitrogens with zero attached hydrogens (tertiary/aromatic N) is 4. The predicted octanol–water partition coefficient (Wildman–Crippen LogP) is 5.18. The van der Waals surface area contributed by atoms with E-state index in [1.807, 2.05) is 13.8 Å². The van der Waals surface area contributed by atoms with Gasteiger partial charge in [-0.3, -0.25) is 0 Å². The van der Waals surface area contributed by atoms with Gasteiger partial charge in [0, 0.05) is 30.0 Å². The van der Waals surface area contributed by atoms with Gasteiger partial charge >= 0.3 is 0 Å². The van der Waals surface area contributed by atoms with Crippen LogP contribution in [0.5, 0.6) is 0 Å². The Bertz CT molecular complexity index is 1420. The zero-order chi connectivity index (χ0) is 26.0. The quantitative estimate of drug-likeness (QED) is 0.414. The number of fused-ring (bicyclic) bond motifs is 3. The summed E-state index contributed by atoms with van der Waals surface area (Å²) in [5, 5.41) is 4.63. The van der Waals surface area contributed by atoms with E-state index in [0.717, 1.165) is 70.0 Å². The zero-order valence-corrected chi connectivity index (χ0v) is 23.3. The minimum absolute atomic E-state index is 0.0118. The molecular formula is C29H33BrN6O2. The summed E-state index contributed by atoms with van der Waals surface area (Å²) in [5.74, 6) is 2.84. The maximum Gasteiger partial charge on any atom is 0.163 e. The topological polar surface area (TPSA) is 98.4 Å². The number of aromatic nitrogens is 3. The molecule has 1 aromatic carbocycles. The van der Waals surface area contributed by atoms with Crippen LogP contribution in [0, 0.1) is 11.8 Å². The number of nitrogen functional groups attached to an aromatic ring is 1. The van der Waals surface area contributed by atoms with Gasteiger partial charge in [0.05, 0.1) is 22.1 Å². The number of benzene rings is 1. The van der Waals surface area contributed by atoms with Crippen LogP contribution < -0.4 is 16.0 Å². The molecule has 9 heteroatoms. The largest absolute Gasteiger partial charge is 0.383 e. The Morgan fingerprint density at radius 3 is 2.87 bits per heavy atom. The first kappa shape index (κ1) is 24.3. The predicted molar refractivity (Wildman–Crippen MR) is 153 cm³/mol. The number of anilines is 3. The molecule has 0 bridgehead atoms. The lowest BCUT2D eigenvalue weighted by Crippen LogP contribution is -2.43. The molecule has 2 aromatic heterocycles. The molecule has 7 rings (SSSR count). The third-order valence-electron chi connectivity index (χ3n) is 8.30. The Hall–Kier alpha value is -2.75. The van der Waals surface area contributed by atoms with E-state index in [2.05, 4.69) is 72.5 Å². The van der Waals surface area contributed by atoms with Crippen molar-refractivity contribution >= 4 is 50.4 Å². The van der Waals surface area contributed by atoms with E-state index in [0.29, 0.717) is 5.82 Å². The Kier molecular flexibility index (Phi) is 5.87. The molecule has 0 radical (unpaired) electrons. The summed E-state index contributed by atoms with van der Waals surface area (Å²) in [6, 6.07) is 8.77. The summed E-state index contributed by atoms with van der Waals surface area (Å²) in [7, 11) is 0. The van der Waals surface area contributed by atoms with E-state index in [1.54, 1.807) is 6.33 Å². The zero-order valence-electron chi connectivity index (χ0n) is 21.7. The Balaban J connectivity index is 1.14. The van der Waals surface area contributed by atoms with Gasteiger partial charge in [-0.25, -0.2) is 15.0 Å². The minimum atomic E-state index is -0.614. The number of hydrogen-bond acceptors (Lipinski definition) is 8. The van der Waals surface area contributed by atoms with Crippen LogP contribution in [0.2, 0.25) is 0 Å². The van der Waals surface area contributed by atoms with Crippen LogP contribution in [0.4, 0.5) is 17.5 Å². The molecule has 0 unspecified atom stereocenters. The summed E-state index contributed by atoms with van der Waals surface area (Å²) < 4.78 is 13.9. The van der Waals surface area contributed by atoms with Crippen LogP contribution >= 0.6 is 15.9 Å². The van der Waals surface area contributed by atoms with Crippen molar-refractivity contribution in [1.82, 2.24) is 15.0 Å². The van der Waals surface area contributed by atoms with Crippen molar-refractivity contribution in [2.75, 3.05) is 29.0 Å². The first-order valence-corrected chi connectivity index (χ1v) is 14.4. The molecule has 3 fully saturated rings. The van der Waals surface area contributed by atoms with Crippen molar-refractivity contribution in [3.05, 3.63) is 52.3 Å². The van der Waals surface area contributed by atoms with Gasteiger partial charge in [0.2, 0.25) is 0 Å². The second-order valence-corrected chi connectivity index (χ2v) is 12.3. The highest BCUT2D eigenvalue weighted by Gasteiger charge is 2.55. The summed E-state index contributed by atoms with van der Waals surface area (Å²) in [6.45, 7) is 5.86. The van der Waals surface area contributed by atoms with E-state index < -0.39 is 5.79 Å². The van der Waals surface area contributed by atoms with E-state index >= 15 is 0 Å². The van der Waals surface area contributed by atoms with Crippen LogP contribution in [0.1, 0.15) is 44.2 Å². The van der Waals surface area contributed by atoms with Crippen molar-refractivity contribution in [3.8, 4) is 0 Å². The van der Waals surface area contributed by atoms with Gasteiger partial charge in [-0.15, -0.1) is 0 Å². The standard InChI is InChI=1S/C29H33BrN6O2/c1-29(2)37-24-19(13-23(25(24)38-29)36-10-9-20-26(31)33-15-34-28(20)36)8-6-16-5-7-18-12-21(30)27(35-22(18)11-16)32-14-17-3-4-17/h5-8,11-12,15,17,19,23-25H,3-4,9-10,13-14H2,1-2H3,(H,32,35)(H2,31,33,34)/b8-6+/t19-,23+,24+,25-/m0/s1. The minimum Gasteiger partial charge on any atom is -0.383 e. The molecule has 2 aliphatic carbocycles. The first-order chi connectivity index (χ1) is 18.3. The summed E-state index contributed by atoms with van der Waals surface area (Å²) in [5.41, 5.74) is 9.32. The highest BCUT2D eigenvalue weighted by atomic mass is 79.9. The molecule has 4 aliphatic rings. The molecule has 2 aliphatic heterocycles. The van der Waals surface area contributed by atoms with Crippen LogP contribution in [0.3, 0.4) is 0 Å². The maximum absolute atomic E-state index is 6.46. The monoisotopic (exact) mass is 576 g/mol. The molecule has 1 saturated heterocycles. The van der Waals surface area contributed by atoms with Gasteiger partial charge in [-0.1, -0.05) is 24.3 Å². The second-order valence-electron chi connectivity index (χ2n) is 11.5. The lowest BCUT2D eigenvalue weighted by atomic mass is 10.0. The molecule has 38 heavy (non-hydrogen) atoms. The highest BCUT2D eigenvalue weighted by Crippen LogP contribution is 2.46. The van der Waals surface area contributed by atoms with Gasteiger partial charge in [-0.2, -0.15) is 0 Å². The lowest BCUT2D eigenvalue weighted by Gasteiger charge is -2.31. The van der Waals surface area contributed by atoms with Crippen molar-refractivity contribution in [3.63, 3.8) is 0 Å². The maximum atomic E-state index is 6.46. The number of nitrogens with two attached hydrogens (primary N) is 1. The van der Waals surface area contributed by atoms with Crippen LogP contribution in [0.25, 0.3) is 17.0 Å². The summed E-state index contributed by atoms with van der Waals surface area (Å²) >= 11 is 3.68. The normalized spacial score (nSPS) is 27.8. The third kappa shape index (κ3) is 4.44. The van der Waals surface area contributed by atoms with Crippen molar-refractivity contribution in [2.45, 2.75) is 63.6 Å². The second kappa shape index (κ2) is 9.17.